The standard InChI is InChI=1S/C14H12BrNO/c1-10(13-4-2-3-5-14(13)17)16-12-8-6-11(15)7-9-12/h2-9,17H,1H3. The van der Waals surface area contributed by atoms with Gasteiger partial charge in [-0.05, 0) is 43.3 Å². The Hall–Kier alpha value is -1.61. The summed E-state index contributed by atoms with van der Waals surface area (Å²) < 4.78 is 1.02. The molecule has 0 aromatic heterocycles. The third-order valence-corrected chi connectivity index (χ3v) is 2.95. The first-order chi connectivity index (χ1) is 8.16. The highest BCUT2D eigenvalue weighted by Gasteiger charge is 2.02. The quantitative estimate of drug-likeness (QED) is 0.822. The highest BCUT2D eigenvalue weighted by atomic mass is 79.9. The van der Waals surface area contributed by atoms with Crippen molar-refractivity contribution < 1.29 is 5.11 Å². The Labute approximate surface area is 109 Å². The van der Waals surface area contributed by atoms with E-state index in [4.69, 9.17) is 0 Å². The summed E-state index contributed by atoms with van der Waals surface area (Å²) in [6.45, 7) is 1.89. The maximum absolute atomic E-state index is 9.71. The van der Waals surface area contributed by atoms with Crippen molar-refractivity contribution in [1.82, 2.24) is 0 Å². The first-order valence-corrected chi connectivity index (χ1v) is 6.05. The summed E-state index contributed by atoms with van der Waals surface area (Å²) in [6, 6.07) is 14.9. The molecule has 2 aromatic carbocycles. The molecule has 17 heavy (non-hydrogen) atoms. The Morgan fingerprint density at radius 1 is 1.06 bits per heavy atom. The largest absolute Gasteiger partial charge is 0.507 e. The summed E-state index contributed by atoms with van der Waals surface area (Å²) in [6.07, 6.45) is 0. The average molecular weight is 290 g/mol. The van der Waals surface area contributed by atoms with E-state index in [1.165, 1.54) is 0 Å². The molecule has 0 fully saturated rings. The van der Waals surface area contributed by atoms with Crippen LogP contribution in [-0.2, 0) is 0 Å². The van der Waals surface area contributed by atoms with Crippen LogP contribution in [0.1, 0.15) is 12.5 Å². The van der Waals surface area contributed by atoms with Crippen molar-refractivity contribution in [2.24, 2.45) is 4.99 Å². The number of phenolic OH excluding ortho intramolecular Hbond substituents is 1. The molecule has 0 bridgehead atoms. The zero-order valence-corrected chi connectivity index (χ0v) is 11.0. The molecule has 0 spiro atoms. The lowest BCUT2D eigenvalue weighted by molar-refractivity contribution is 0.474. The highest BCUT2D eigenvalue weighted by molar-refractivity contribution is 9.10. The lowest BCUT2D eigenvalue weighted by Crippen LogP contribution is -1.93. The summed E-state index contributed by atoms with van der Waals surface area (Å²) in [4.78, 5) is 4.47. The van der Waals surface area contributed by atoms with Gasteiger partial charge in [-0.15, -0.1) is 0 Å². The van der Waals surface area contributed by atoms with Crippen LogP contribution in [0.4, 0.5) is 5.69 Å². The van der Waals surface area contributed by atoms with Crippen molar-refractivity contribution in [1.29, 1.82) is 0 Å². The second-order valence-corrected chi connectivity index (χ2v) is 4.61. The smallest absolute Gasteiger partial charge is 0.124 e. The van der Waals surface area contributed by atoms with Gasteiger partial charge in [0.05, 0.1) is 5.69 Å². The zero-order chi connectivity index (χ0) is 12.3. The number of nitrogens with zero attached hydrogens (tertiary/aromatic N) is 1. The molecular formula is C14H12BrNO. The third-order valence-electron chi connectivity index (χ3n) is 2.42. The number of halogens is 1. The predicted octanol–water partition coefficient (Wildman–Crippen LogP) is 4.30. The average Bonchev–Trinajstić information content (AvgIpc) is 2.32. The van der Waals surface area contributed by atoms with E-state index >= 15 is 0 Å². The van der Waals surface area contributed by atoms with Gasteiger partial charge in [0, 0.05) is 15.7 Å². The molecule has 0 saturated heterocycles. The molecule has 0 heterocycles. The SMILES string of the molecule is CC(=Nc1ccc(Br)cc1)c1ccccc1O. The van der Waals surface area contributed by atoms with Crippen molar-refractivity contribution in [2.45, 2.75) is 6.92 Å². The van der Waals surface area contributed by atoms with Gasteiger partial charge in [-0.2, -0.15) is 0 Å². The monoisotopic (exact) mass is 289 g/mol. The molecule has 0 unspecified atom stereocenters. The number of hydrogen-bond donors (Lipinski definition) is 1. The second-order valence-electron chi connectivity index (χ2n) is 3.69. The van der Waals surface area contributed by atoms with E-state index in [-0.39, 0.29) is 5.75 Å². The minimum Gasteiger partial charge on any atom is -0.507 e. The topological polar surface area (TPSA) is 32.6 Å². The molecule has 0 saturated carbocycles. The van der Waals surface area contributed by atoms with Gasteiger partial charge in [0.15, 0.2) is 0 Å². The number of phenols is 1. The van der Waals surface area contributed by atoms with Crippen molar-refractivity contribution in [3.8, 4) is 5.75 Å². The van der Waals surface area contributed by atoms with Gasteiger partial charge in [-0.3, -0.25) is 4.99 Å². The number of aliphatic imine (C=N–C) groups is 1. The number of benzene rings is 2. The van der Waals surface area contributed by atoms with Gasteiger partial charge < -0.3 is 5.11 Å². The molecule has 0 amide bonds. The van der Waals surface area contributed by atoms with Crippen LogP contribution < -0.4 is 0 Å². The molecule has 2 aromatic rings. The predicted molar refractivity (Wildman–Crippen MR) is 74.1 cm³/mol. The number of aromatic hydroxyl groups is 1. The summed E-state index contributed by atoms with van der Waals surface area (Å²) in [5.74, 6) is 0.255. The Morgan fingerprint density at radius 3 is 2.35 bits per heavy atom. The molecule has 2 rings (SSSR count). The number of hydrogen-bond acceptors (Lipinski definition) is 2. The third kappa shape index (κ3) is 2.94. The van der Waals surface area contributed by atoms with Crippen LogP contribution >= 0.6 is 15.9 Å². The minimum atomic E-state index is 0.255. The molecule has 3 heteroatoms. The van der Waals surface area contributed by atoms with Crippen molar-refractivity contribution in [2.75, 3.05) is 0 Å². The fraction of sp³-hybridized carbons (Fsp3) is 0.0714. The molecule has 86 valence electrons. The van der Waals surface area contributed by atoms with Crippen molar-refractivity contribution in [3.05, 3.63) is 58.6 Å². The molecule has 2 nitrogen and oxygen atoms in total. The summed E-state index contributed by atoms with van der Waals surface area (Å²) in [5, 5.41) is 9.71. The van der Waals surface area contributed by atoms with E-state index in [1.54, 1.807) is 12.1 Å². The van der Waals surface area contributed by atoms with Crippen LogP contribution in [0.2, 0.25) is 0 Å². The van der Waals surface area contributed by atoms with Gasteiger partial charge in [0.2, 0.25) is 0 Å². The summed E-state index contributed by atoms with van der Waals surface area (Å²) in [5.41, 5.74) is 2.43. The van der Waals surface area contributed by atoms with Crippen LogP contribution in [0.25, 0.3) is 0 Å². The first-order valence-electron chi connectivity index (χ1n) is 5.26. The van der Waals surface area contributed by atoms with Crippen LogP contribution in [0.5, 0.6) is 5.75 Å². The van der Waals surface area contributed by atoms with E-state index < -0.39 is 0 Å². The maximum atomic E-state index is 9.71. The van der Waals surface area contributed by atoms with E-state index in [9.17, 15) is 5.11 Å². The van der Waals surface area contributed by atoms with Gasteiger partial charge >= 0.3 is 0 Å². The van der Waals surface area contributed by atoms with E-state index in [0.717, 1.165) is 21.4 Å². The number of para-hydroxylation sites is 1. The normalized spacial score (nSPS) is 11.5. The summed E-state index contributed by atoms with van der Waals surface area (Å²) >= 11 is 3.38. The van der Waals surface area contributed by atoms with E-state index in [1.807, 2.05) is 43.3 Å². The summed E-state index contributed by atoms with van der Waals surface area (Å²) in [7, 11) is 0. The maximum Gasteiger partial charge on any atom is 0.124 e. The highest BCUT2D eigenvalue weighted by Crippen LogP contribution is 2.21. The Morgan fingerprint density at radius 2 is 1.71 bits per heavy atom. The van der Waals surface area contributed by atoms with Crippen molar-refractivity contribution >= 4 is 27.3 Å². The Bertz CT molecular complexity index is 546. The Kier molecular flexibility index (Phi) is 3.59. The zero-order valence-electron chi connectivity index (χ0n) is 9.39. The Balaban J connectivity index is 2.34. The molecule has 0 aliphatic rings. The lowest BCUT2D eigenvalue weighted by Gasteiger charge is -2.03. The van der Waals surface area contributed by atoms with Gasteiger partial charge in [-0.1, -0.05) is 28.1 Å². The van der Waals surface area contributed by atoms with Gasteiger partial charge in [-0.25, -0.2) is 0 Å². The van der Waals surface area contributed by atoms with Crippen LogP contribution in [0.3, 0.4) is 0 Å². The second kappa shape index (κ2) is 5.15. The molecule has 0 aliphatic heterocycles. The minimum absolute atomic E-state index is 0.255. The van der Waals surface area contributed by atoms with E-state index in [0.29, 0.717) is 0 Å². The van der Waals surface area contributed by atoms with Gasteiger partial charge in [0.1, 0.15) is 5.75 Å². The molecule has 0 atom stereocenters. The fourth-order valence-corrected chi connectivity index (χ4v) is 1.81. The lowest BCUT2D eigenvalue weighted by atomic mass is 10.1. The number of rotatable bonds is 2. The molecule has 0 aliphatic carbocycles. The molecule has 0 radical (unpaired) electrons. The fourth-order valence-electron chi connectivity index (χ4n) is 1.55. The first kappa shape index (κ1) is 11.9. The van der Waals surface area contributed by atoms with E-state index in [2.05, 4.69) is 20.9 Å². The van der Waals surface area contributed by atoms with Crippen LogP contribution in [0.15, 0.2) is 58.0 Å². The van der Waals surface area contributed by atoms with Gasteiger partial charge in [0.25, 0.3) is 0 Å². The van der Waals surface area contributed by atoms with Crippen molar-refractivity contribution in [3.63, 3.8) is 0 Å². The van der Waals surface area contributed by atoms with Crippen LogP contribution in [-0.4, -0.2) is 10.8 Å². The van der Waals surface area contributed by atoms with Crippen LogP contribution in [0, 0.1) is 0 Å². The molecular weight excluding hydrogens is 278 g/mol. The molecule has 1 N–H and O–H groups in total.